The number of nitrogens with one attached hydrogen (secondary N) is 1. The fourth-order valence-corrected chi connectivity index (χ4v) is 4.08. The van der Waals surface area contributed by atoms with Crippen molar-refractivity contribution in [2.24, 2.45) is 11.8 Å². The third-order valence-corrected chi connectivity index (χ3v) is 5.00. The molecule has 2 heteroatoms. The van der Waals surface area contributed by atoms with Crippen LogP contribution in [0, 0.1) is 11.8 Å². The van der Waals surface area contributed by atoms with Crippen LogP contribution in [-0.4, -0.2) is 24.1 Å². The normalized spacial score (nSPS) is 34.1. The summed E-state index contributed by atoms with van der Waals surface area (Å²) >= 11 is 2.25. The van der Waals surface area contributed by atoms with E-state index in [1.807, 2.05) is 0 Å². The van der Waals surface area contributed by atoms with E-state index in [2.05, 4.69) is 24.0 Å². The third-order valence-electron chi connectivity index (χ3n) is 3.63. The zero-order chi connectivity index (χ0) is 9.80. The van der Waals surface area contributed by atoms with Gasteiger partial charge in [-0.2, -0.15) is 11.8 Å². The highest BCUT2D eigenvalue weighted by molar-refractivity contribution is 7.99. The van der Waals surface area contributed by atoms with Gasteiger partial charge in [-0.05, 0) is 49.9 Å². The minimum atomic E-state index is 0.992. The molecule has 0 aromatic carbocycles. The third kappa shape index (κ3) is 3.16. The fourth-order valence-electron chi connectivity index (χ4n) is 2.48. The zero-order valence-electron chi connectivity index (χ0n) is 9.30. The molecule has 0 aromatic heterocycles. The van der Waals surface area contributed by atoms with E-state index in [0.29, 0.717) is 0 Å². The van der Waals surface area contributed by atoms with E-state index in [-0.39, 0.29) is 0 Å². The van der Waals surface area contributed by atoms with Gasteiger partial charge in [0.1, 0.15) is 0 Å². The van der Waals surface area contributed by atoms with Crippen molar-refractivity contribution in [3.63, 3.8) is 0 Å². The summed E-state index contributed by atoms with van der Waals surface area (Å²) in [7, 11) is 0. The van der Waals surface area contributed by atoms with Gasteiger partial charge in [-0.15, -0.1) is 0 Å². The summed E-state index contributed by atoms with van der Waals surface area (Å²) < 4.78 is 0. The molecule has 2 aliphatic rings. The molecule has 1 aliphatic heterocycles. The Morgan fingerprint density at radius 2 is 2.14 bits per heavy atom. The van der Waals surface area contributed by atoms with Gasteiger partial charge in [-0.3, -0.25) is 0 Å². The predicted molar refractivity (Wildman–Crippen MR) is 64.9 cm³/mol. The average Bonchev–Trinajstić information content (AvgIpc) is 2.09. The van der Waals surface area contributed by atoms with Gasteiger partial charge in [0.2, 0.25) is 0 Å². The average molecular weight is 213 g/mol. The van der Waals surface area contributed by atoms with Crippen LogP contribution in [-0.2, 0) is 0 Å². The first kappa shape index (κ1) is 10.8. The largest absolute Gasteiger partial charge is 0.316 e. The second-order valence-corrected chi connectivity index (χ2v) is 6.49. The molecule has 82 valence electrons. The maximum Gasteiger partial charge on any atom is 0.00495 e. The molecule has 2 unspecified atom stereocenters. The molecule has 1 saturated carbocycles. The lowest BCUT2D eigenvalue weighted by molar-refractivity contribution is 0.340. The highest BCUT2D eigenvalue weighted by Crippen LogP contribution is 2.32. The Kier molecular flexibility index (Phi) is 4.18. The first-order valence-corrected chi connectivity index (χ1v) is 7.22. The highest BCUT2D eigenvalue weighted by atomic mass is 32.2. The molecule has 1 aliphatic carbocycles. The lowest BCUT2D eigenvalue weighted by atomic mass is 9.91. The molecule has 1 nitrogen and oxygen atoms in total. The van der Waals surface area contributed by atoms with E-state index in [1.54, 1.807) is 0 Å². The quantitative estimate of drug-likeness (QED) is 0.770. The molecular formula is C12H23NS. The Balaban J connectivity index is 1.55. The van der Waals surface area contributed by atoms with Crippen molar-refractivity contribution in [2.75, 3.05) is 18.8 Å². The maximum atomic E-state index is 3.35. The molecule has 1 heterocycles. The van der Waals surface area contributed by atoms with Gasteiger partial charge in [0.05, 0.1) is 0 Å². The molecular weight excluding hydrogens is 190 g/mol. The highest BCUT2D eigenvalue weighted by Gasteiger charge is 2.20. The van der Waals surface area contributed by atoms with E-state index in [9.17, 15) is 0 Å². The van der Waals surface area contributed by atoms with Crippen molar-refractivity contribution in [3.05, 3.63) is 0 Å². The fraction of sp³-hybridized carbons (Fsp3) is 1.00. The van der Waals surface area contributed by atoms with Gasteiger partial charge < -0.3 is 5.32 Å². The molecule has 1 saturated heterocycles. The molecule has 0 bridgehead atoms. The maximum absolute atomic E-state index is 3.35. The van der Waals surface area contributed by atoms with E-state index in [0.717, 1.165) is 17.1 Å². The summed E-state index contributed by atoms with van der Waals surface area (Å²) in [5, 5.41) is 4.34. The van der Waals surface area contributed by atoms with Gasteiger partial charge in [-0.1, -0.05) is 19.8 Å². The minimum Gasteiger partial charge on any atom is -0.316 e. The van der Waals surface area contributed by atoms with E-state index in [4.69, 9.17) is 0 Å². The molecule has 2 atom stereocenters. The molecule has 0 amide bonds. The van der Waals surface area contributed by atoms with E-state index < -0.39 is 0 Å². The number of rotatable bonds is 4. The SMILES string of the molecule is CC1CCCC(SCCC2CNC2)C1. The lowest BCUT2D eigenvalue weighted by Crippen LogP contribution is -2.42. The van der Waals surface area contributed by atoms with Crippen molar-refractivity contribution in [1.82, 2.24) is 5.32 Å². The van der Waals surface area contributed by atoms with Crippen molar-refractivity contribution < 1.29 is 0 Å². The van der Waals surface area contributed by atoms with Crippen molar-refractivity contribution in [2.45, 2.75) is 44.3 Å². The molecule has 0 aromatic rings. The van der Waals surface area contributed by atoms with Crippen LogP contribution in [0.25, 0.3) is 0 Å². The van der Waals surface area contributed by atoms with E-state index >= 15 is 0 Å². The van der Waals surface area contributed by atoms with Crippen LogP contribution in [0.4, 0.5) is 0 Å². The van der Waals surface area contributed by atoms with Crippen LogP contribution in [0.3, 0.4) is 0 Å². The molecule has 1 N–H and O–H groups in total. The molecule has 0 radical (unpaired) electrons. The molecule has 14 heavy (non-hydrogen) atoms. The van der Waals surface area contributed by atoms with Crippen molar-refractivity contribution in [1.29, 1.82) is 0 Å². The molecule has 0 spiro atoms. The van der Waals surface area contributed by atoms with Crippen LogP contribution < -0.4 is 5.32 Å². The molecule has 2 fully saturated rings. The van der Waals surface area contributed by atoms with Gasteiger partial charge in [-0.25, -0.2) is 0 Å². The Morgan fingerprint density at radius 3 is 2.79 bits per heavy atom. The Hall–Kier alpha value is 0.310. The lowest BCUT2D eigenvalue weighted by Gasteiger charge is -2.29. The second kappa shape index (κ2) is 5.41. The van der Waals surface area contributed by atoms with Crippen molar-refractivity contribution in [3.8, 4) is 0 Å². The van der Waals surface area contributed by atoms with Crippen LogP contribution in [0.5, 0.6) is 0 Å². The second-order valence-electron chi connectivity index (χ2n) is 5.08. The summed E-state index contributed by atoms with van der Waals surface area (Å²) in [5.41, 5.74) is 0. The summed E-state index contributed by atoms with van der Waals surface area (Å²) in [4.78, 5) is 0. The standard InChI is InChI=1S/C12H23NS/c1-10-3-2-4-12(7-10)14-6-5-11-8-13-9-11/h10-13H,2-9H2,1H3. The monoisotopic (exact) mass is 213 g/mol. The summed E-state index contributed by atoms with van der Waals surface area (Å²) in [6.45, 7) is 4.98. The Labute approximate surface area is 92.4 Å². The zero-order valence-corrected chi connectivity index (χ0v) is 10.1. The summed E-state index contributed by atoms with van der Waals surface area (Å²) in [6, 6.07) is 0. The van der Waals surface area contributed by atoms with E-state index in [1.165, 1.54) is 50.9 Å². The Morgan fingerprint density at radius 1 is 1.29 bits per heavy atom. The van der Waals surface area contributed by atoms with Gasteiger partial charge >= 0.3 is 0 Å². The smallest absolute Gasteiger partial charge is 0.00495 e. The van der Waals surface area contributed by atoms with Crippen LogP contribution >= 0.6 is 11.8 Å². The first-order valence-electron chi connectivity index (χ1n) is 6.17. The topological polar surface area (TPSA) is 12.0 Å². The number of hydrogen-bond donors (Lipinski definition) is 1. The number of hydrogen-bond acceptors (Lipinski definition) is 2. The van der Waals surface area contributed by atoms with Gasteiger partial charge in [0.15, 0.2) is 0 Å². The first-order chi connectivity index (χ1) is 6.84. The predicted octanol–water partition coefficient (Wildman–Crippen LogP) is 2.91. The van der Waals surface area contributed by atoms with Crippen molar-refractivity contribution >= 4 is 11.8 Å². The minimum absolute atomic E-state index is 0.992. The number of thioether (sulfide) groups is 1. The van der Waals surface area contributed by atoms with Gasteiger partial charge in [0, 0.05) is 5.25 Å². The molecule has 2 rings (SSSR count). The van der Waals surface area contributed by atoms with Crippen LogP contribution in [0.2, 0.25) is 0 Å². The van der Waals surface area contributed by atoms with Crippen LogP contribution in [0.1, 0.15) is 39.0 Å². The van der Waals surface area contributed by atoms with Gasteiger partial charge in [0.25, 0.3) is 0 Å². The Bertz CT molecular complexity index is 168. The summed E-state index contributed by atoms with van der Waals surface area (Å²) in [5.74, 6) is 3.40. The summed E-state index contributed by atoms with van der Waals surface area (Å²) in [6.07, 6.45) is 7.36. The van der Waals surface area contributed by atoms with Crippen LogP contribution in [0.15, 0.2) is 0 Å².